The number of benzene rings is 1. The van der Waals surface area contributed by atoms with E-state index >= 15 is 0 Å². The standard InChI is InChI=1S/C9H10N4O4/c10-9(14)5-1-2-6(11-15)8(12-3-4-12)7(5)13(16)17/h1-2,11,15H,3-4H2,(H2,10,14). The highest BCUT2D eigenvalue weighted by atomic mass is 16.6. The summed E-state index contributed by atoms with van der Waals surface area (Å²) in [6, 6.07) is 2.59. The molecule has 1 aliphatic heterocycles. The fourth-order valence-electron chi connectivity index (χ4n) is 1.65. The average molecular weight is 238 g/mol. The topological polar surface area (TPSA) is 122 Å². The monoisotopic (exact) mass is 238 g/mol. The number of carbonyl (C=O) groups is 1. The van der Waals surface area contributed by atoms with Crippen LogP contribution >= 0.6 is 0 Å². The Morgan fingerprint density at radius 3 is 2.59 bits per heavy atom. The maximum absolute atomic E-state index is 11.1. The molecule has 0 saturated carbocycles. The molecular formula is C9H10N4O4. The van der Waals surface area contributed by atoms with E-state index in [1.807, 2.05) is 5.48 Å². The number of primary amides is 1. The second-order valence-electron chi connectivity index (χ2n) is 3.58. The molecule has 17 heavy (non-hydrogen) atoms. The van der Waals surface area contributed by atoms with Crippen LogP contribution in [0.4, 0.5) is 17.1 Å². The van der Waals surface area contributed by atoms with Gasteiger partial charge in [-0.15, -0.1) is 0 Å². The molecule has 2 rings (SSSR count). The summed E-state index contributed by atoms with van der Waals surface area (Å²) in [7, 11) is 0. The molecule has 1 fully saturated rings. The van der Waals surface area contributed by atoms with E-state index in [0.29, 0.717) is 13.1 Å². The number of nitrogens with two attached hydrogens (primary N) is 1. The predicted octanol–water partition coefficient (Wildman–Crippen LogP) is 0.315. The summed E-state index contributed by atoms with van der Waals surface area (Å²) in [5, 5.41) is 19.9. The van der Waals surface area contributed by atoms with E-state index in [-0.39, 0.29) is 22.6 Å². The van der Waals surface area contributed by atoms with E-state index in [1.165, 1.54) is 12.1 Å². The number of amides is 1. The Kier molecular flexibility index (Phi) is 2.56. The molecule has 1 saturated heterocycles. The second-order valence-corrected chi connectivity index (χ2v) is 3.58. The minimum Gasteiger partial charge on any atom is -0.365 e. The lowest BCUT2D eigenvalue weighted by atomic mass is 10.1. The maximum atomic E-state index is 11.1. The Bertz CT molecular complexity index is 498. The van der Waals surface area contributed by atoms with Gasteiger partial charge in [0.05, 0.1) is 10.6 Å². The number of carbonyl (C=O) groups excluding carboxylic acids is 1. The maximum Gasteiger partial charge on any atom is 0.307 e. The highest BCUT2D eigenvalue weighted by Gasteiger charge is 2.33. The highest BCUT2D eigenvalue weighted by Crippen LogP contribution is 2.41. The summed E-state index contributed by atoms with van der Waals surface area (Å²) in [5.41, 5.74) is 6.79. The molecule has 0 radical (unpaired) electrons. The van der Waals surface area contributed by atoms with Gasteiger partial charge in [0.1, 0.15) is 11.3 Å². The second kappa shape index (κ2) is 3.91. The van der Waals surface area contributed by atoms with Gasteiger partial charge in [0.15, 0.2) is 0 Å². The molecule has 1 heterocycles. The Hall–Kier alpha value is -2.35. The molecule has 0 aromatic heterocycles. The van der Waals surface area contributed by atoms with Gasteiger partial charge in [0.25, 0.3) is 5.91 Å². The quantitative estimate of drug-likeness (QED) is 0.394. The number of nitro groups is 1. The van der Waals surface area contributed by atoms with Gasteiger partial charge in [-0.3, -0.25) is 25.6 Å². The number of nitrogens with zero attached hydrogens (tertiary/aromatic N) is 2. The van der Waals surface area contributed by atoms with Crippen LogP contribution < -0.4 is 16.1 Å². The summed E-state index contributed by atoms with van der Waals surface area (Å²) in [4.78, 5) is 23.1. The van der Waals surface area contributed by atoms with E-state index < -0.39 is 10.8 Å². The van der Waals surface area contributed by atoms with Crippen LogP contribution in [-0.4, -0.2) is 29.1 Å². The first kappa shape index (κ1) is 11.1. The largest absolute Gasteiger partial charge is 0.365 e. The van der Waals surface area contributed by atoms with Crippen LogP contribution in [0.3, 0.4) is 0 Å². The minimum absolute atomic E-state index is 0.170. The molecule has 0 aliphatic carbocycles. The van der Waals surface area contributed by atoms with Gasteiger partial charge in [-0.25, -0.2) is 0 Å². The van der Waals surface area contributed by atoms with Crippen molar-refractivity contribution in [1.29, 1.82) is 0 Å². The van der Waals surface area contributed by atoms with E-state index in [9.17, 15) is 14.9 Å². The molecule has 1 aliphatic rings. The van der Waals surface area contributed by atoms with Crippen LogP contribution in [0.5, 0.6) is 0 Å². The zero-order valence-corrected chi connectivity index (χ0v) is 8.71. The zero-order valence-electron chi connectivity index (χ0n) is 8.71. The Labute approximate surface area is 95.7 Å². The van der Waals surface area contributed by atoms with Crippen LogP contribution in [0, 0.1) is 10.1 Å². The number of anilines is 2. The van der Waals surface area contributed by atoms with Crippen LogP contribution in [0.2, 0.25) is 0 Å². The first-order chi connectivity index (χ1) is 8.06. The van der Waals surface area contributed by atoms with Crippen molar-refractivity contribution in [3.63, 3.8) is 0 Å². The van der Waals surface area contributed by atoms with Gasteiger partial charge in [-0.05, 0) is 12.1 Å². The lowest BCUT2D eigenvalue weighted by Gasteiger charge is -2.11. The van der Waals surface area contributed by atoms with Crippen molar-refractivity contribution in [2.24, 2.45) is 5.73 Å². The van der Waals surface area contributed by atoms with Gasteiger partial charge in [0.2, 0.25) is 0 Å². The summed E-state index contributed by atoms with van der Waals surface area (Å²) in [6.07, 6.45) is 0. The molecule has 1 amide bonds. The summed E-state index contributed by atoms with van der Waals surface area (Å²) < 4.78 is 0. The van der Waals surface area contributed by atoms with Crippen molar-refractivity contribution in [2.75, 3.05) is 23.5 Å². The lowest BCUT2D eigenvalue weighted by Crippen LogP contribution is -2.15. The first-order valence-electron chi connectivity index (χ1n) is 4.82. The molecule has 4 N–H and O–H groups in total. The van der Waals surface area contributed by atoms with Crippen molar-refractivity contribution < 1.29 is 14.9 Å². The fourth-order valence-corrected chi connectivity index (χ4v) is 1.65. The van der Waals surface area contributed by atoms with Crippen LogP contribution in [0.25, 0.3) is 0 Å². The van der Waals surface area contributed by atoms with Crippen molar-refractivity contribution >= 4 is 23.0 Å². The fraction of sp³-hybridized carbons (Fsp3) is 0.222. The zero-order chi connectivity index (χ0) is 12.6. The smallest absolute Gasteiger partial charge is 0.307 e. The van der Waals surface area contributed by atoms with Crippen LogP contribution in [0.15, 0.2) is 12.1 Å². The number of nitrogens with one attached hydrogen (secondary N) is 1. The molecule has 0 bridgehead atoms. The van der Waals surface area contributed by atoms with Crippen molar-refractivity contribution in [3.8, 4) is 0 Å². The molecule has 1 aromatic carbocycles. The van der Waals surface area contributed by atoms with Gasteiger partial charge in [-0.1, -0.05) is 0 Å². The highest BCUT2D eigenvalue weighted by molar-refractivity contribution is 6.02. The molecule has 8 nitrogen and oxygen atoms in total. The normalized spacial score (nSPS) is 13.4. The number of rotatable bonds is 4. The van der Waals surface area contributed by atoms with E-state index in [0.717, 1.165) is 0 Å². The van der Waals surface area contributed by atoms with Crippen LogP contribution in [0.1, 0.15) is 10.4 Å². The van der Waals surface area contributed by atoms with Gasteiger partial charge < -0.3 is 10.6 Å². The third-order valence-corrected chi connectivity index (χ3v) is 2.48. The van der Waals surface area contributed by atoms with E-state index in [4.69, 9.17) is 10.9 Å². The Balaban J connectivity index is 2.69. The number of hydrogen-bond acceptors (Lipinski definition) is 6. The van der Waals surface area contributed by atoms with E-state index in [2.05, 4.69) is 0 Å². The van der Waals surface area contributed by atoms with Gasteiger partial charge in [-0.2, -0.15) is 0 Å². The summed E-state index contributed by atoms with van der Waals surface area (Å²) in [5.74, 6) is -0.871. The summed E-state index contributed by atoms with van der Waals surface area (Å²) in [6.45, 7) is 1.27. The third kappa shape index (κ3) is 1.85. The molecule has 0 unspecified atom stereocenters. The van der Waals surface area contributed by atoms with Crippen LogP contribution in [-0.2, 0) is 0 Å². The van der Waals surface area contributed by atoms with Gasteiger partial charge in [0, 0.05) is 13.1 Å². The predicted molar refractivity (Wildman–Crippen MR) is 59.2 cm³/mol. The Morgan fingerprint density at radius 1 is 1.53 bits per heavy atom. The van der Waals surface area contributed by atoms with Crippen molar-refractivity contribution in [2.45, 2.75) is 0 Å². The van der Waals surface area contributed by atoms with E-state index in [1.54, 1.807) is 4.90 Å². The Morgan fingerprint density at radius 2 is 2.18 bits per heavy atom. The number of nitro benzene ring substituents is 1. The molecule has 8 heteroatoms. The minimum atomic E-state index is -0.871. The molecule has 1 aromatic rings. The molecular weight excluding hydrogens is 228 g/mol. The molecule has 90 valence electrons. The first-order valence-corrected chi connectivity index (χ1v) is 4.82. The van der Waals surface area contributed by atoms with Crippen molar-refractivity contribution in [3.05, 3.63) is 27.8 Å². The SMILES string of the molecule is NC(=O)c1ccc(NO)c(N2CC2)c1[N+](=O)[O-]. The lowest BCUT2D eigenvalue weighted by molar-refractivity contribution is -0.384. The average Bonchev–Trinajstić information content (AvgIpc) is 3.10. The summed E-state index contributed by atoms with van der Waals surface area (Å²) >= 11 is 0. The van der Waals surface area contributed by atoms with Crippen molar-refractivity contribution in [1.82, 2.24) is 0 Å². The molecule has 0 atom stereocenters. The molecule has 0 spiro atoms. The van der Waals surface area contributed by atoms with Gasteiger partial charge >= 0.3 is 5.69 Å². The third-order valence-electron chi connectivity index (χ3n) is 2.48. The number of hydrogen-bond donors (Lipinski definition) is 3.